The van der Waals surface area contributed by atoms with Gasteiger partial charge in [0.25, 0.3) is 0 Å². The molecule has 0 saturated heterocycles. The molecule has 12 rings (SSSR count). The third kappa shape index (κ3) is 8.46. The van der Waals surface area contributed by atoms with Crippen molar-refractivity contribution < 1.29 is 9.13 Å². The minimum atomic E-state index is -0.257. The monoisotopic (exact) mass is 964 g/mol. The number of anilines is 4. The molecular formula is C68H57FN4O. The minimum absolute atomic E-state index is 0.0549. The van der Waals surface area contributed by atoms with Crippen molar-refractivity contribution in [2.24, 2.45) is 0 Å². The molecule has 0 spiro atoms. The number of aromatic nitrogens is 2. The number of rotatable bonds is 9. The van der Waals surface area contributed by atoms with Gasteiger partial charge >= 0.3 is 0 Å². The van der Waals surface area contributed by atoms with Gasteiger partial charge in [-0.1, -0.05) is 181 Å². The highest BCUT2D eigenvalue weighted by Gasteiger charge is 2.34. The van der Waals surface area contributed by atoms with Crippen LogP contribution in [0.25, 0.3) is 72.1 Å². The van der Waals surface area contributed by atoms with Gasteiger partial charge in [0.15, 0.2) is 0 Å². The van der Waals surface area contributed by atoms with Crippen LogP contribution >= 0.6 is 0 Å². The molecule has 0 N–H and O–H groups in total. The molecule has 74 heavy (non-hydrogen) atoms. The second-order valence-electron chi connectivity index (χ2n) is 21.4. The zero-order chi connectivity index (χ0) is 50.7. The Morgan fingerprint density at radius 3 is 1.76 bits per heavy atom. The summed E-state index contributed by atoms with van der Waals surface area (Å²) in [5.41, 5.74) is 17.1. The Morgan fingerprint density at radius 2 is 1.07 bits per heavy atom. The van der Waals surface area contributed by atoms with Crippen molar-refractivity contribution in [3.05, 3.63) is 242 Å². The molecule has 0 saturated carbocycles. The van der Waals surface area contributed by atoms with E-state index in [1.54, 1.807) is 12.1 Å². The van der Waals surface area contributed by atoms with Gasteiger partial charge in [0.05, 0.1) is 28.1 Å². The number of pyridine rings is 1. The van der Waals surface area contributed by atoms with Crippen LogP contribution < -0.4 is 14.5 Å². The molecule has 0 aliphatic carbocycles. The van der Waals surface area contributed by atoms with Crippen LogP contribution in [-0.4, -0.2) is 16.2 Å². The summed E-state index contributed by atoms with van der Waals surface area (Å²) < 4.78 is 24.0. The maximum Gasteiger partial charge on any atom is 0.137 e. The van der Waals surface area contributed by atoms with Crippen LogP contribution in [0.3, 0.4) is 0 Å². The standard InChI is InChI=1S/C68H57FN4O/c1-67(2,3)49-37-38-70-64(41-49)73-60-28-14-13-23-57(60)58-36-35-52(43-63(58)73)74-53-40-48(65-54(45-19-9-7-10-20-45)24-17-25-55(65)46-21-11-8-12-22-46)39-51(42-53)71-44-72(62-30-16-15-29-61(62)71)66-56(47-31-33-50(69)34-32-47)26-18-27-59(66)68(4,5)6/h7-43H,44H2,1-6H3. The van der Waals surface area contributed by atoms with Gasteiger partial charge in [-0.05, 0) is 128 Å². The molecule has 0 amide bonds. The Balaban J connectivity index is 1.07. The van der Waals surface area contributed by atoms with Crippen LogP contribution in [0.15, 0.2) is 225 Å². The van der Waals surface area contributed by atoms with Gasteiger partial charge in [0.1, 0.15) is 29.8 Å². The lowest BCUT2D eigenvalue weighted by Crippen LogP contribution is -2.27. The fourth-order valence-corrected chi connectivity index (χ4v) is 10.9. The molecular weight excluding hydrogens is 908 g/mol. The number of hydrogen-bond acceptors (Lipinski definition) is 4. The summed E-state index contributed by atoms with van der Waals surface area (Å²) in [5.74, 6) is 2.02. The summed E-state index contributed by atoms with van der Waals surface area (Å²) in [7, 11) is 0. The average molecular weight is 965 g/mol. The normalized spacial score (nSPS) is 12.7. The molecule has 9 aromatic carbocycles. The van der Waals surface area contributed by atoms with E-state index in [1.807, 2.05) is 18.3 Å². The van der Waals surface area contributed by atoms with Gasteiger partial charge in [0.2, 0.25) is 0 Å². The quantitative estimate of drug-likeness (QED) is 0.144. The van der Waals surface area contributed by atoms with Crippen molar-refractivity contribution >= 4 is 44.6 Å². The summed E-state index contributed by atoms with van der Waals surface area (Å²) >= 11 is 0. The summed E-state index contributed by atoms with van der Waals surface area (Å²) in [6.45, 7) is 14.0. The molecule has 5 nitrogen and oxygen atoms in total. The van der Waals surface area contributed by atoms with E-state index in [1.165, 1.54) is 11.1 Å². The molecule has 0 fully saturated rings. The second-order valence-corrected chi connectivity index (χ2v) is 21.4. The Labute approximate surface area is 433 Å². The van der Waals surface area contributed by atoms with Crippen LogP contribution in [0.1, 0.15) is 52.7 Å². The summed E-state index contributed by atoms with van der Waals surface area (Å²) in [6.07, 6.45) is 1.92. The Morgan fingerprint density at radius 1 is 0.459 bits per heavy atom. The van der Waals surface area contributed by atoms with Crippen molar-refractivity contribution in [3.63, 3.8) is 0 Å². The molecule has 362 valence electrons. The number of para-hydroxylation sites is 4. The Bertz CT molecular complexity index is 3830. The number of hydrogen-bond donors (Lipinski definition) is 0. The van der Waals surface area contributed by atoms with Crippen molar-refractivity contribution in [1.29, 1.82) is 0 Å². The van der Waals surface area contributed by atoms with Crippen molar-refractivity contribution in [2.45, 2.75) is 52.4 Å². The highest BCUT2D eigenvalue weighted by atomic mass is 19.1. The predicted octanol–water partition coefficient (Wildman–Crippen LogP) is 18.6. The highest BCUT2D eigenvalue weighted by molar-refractivity contribution is 6.09. The van der Waals surface area contributed by atoms with Crippen molar-refractivity contribution in [2.75, 3.05) is 16.5 Å². The van der Waals surface area contributed by atoms with Gasteiger partial charge in [-0.3, -0.25) is 4.57 Å². The smallest absolute Gasteiger partial charge is 0.137 e. The highest BCUT2D eigenvalue weighted by Crippen LogP contribution is 2.52. The maximum atomic E-state index is 14.5. The summed E-state index contributed by atoms with van der Waals surface area (Å²) in [4.78, 5) is 9.81. The van der Waals surface area contributed by atoms with E-state index in [4.69, 9.17) is 9.72 Å². The largest absolute Gasteiger partial charge is 0.457 e. The first-order chi connectivity index (χ1) is 35.9. The number of benzene rings is 9. The molecule has 11 aromatic rings. The molecule has 0 bridgehead atoms. The van der Waals surface area contributed by atoms with Gasteiger partial charge < -0.3 is 14.5 Å². The van der Waals surface area contributed by atoms with E-state index in [0.717, 1.165) is 94.9 Å². The molecule has 2 aromatic heterocycles. The van der Waals surface area contributed by atoms with E-state index in [0.29, 0.717) is 18.2 Å². The molecule has 1 aliphatic heterocycles. The van der Waals surface area contributed by atoms with Crippen LogP contribution in [0.5, 0.6) is 11.5 Å². The number of nitrogens with zero attached hydrogens (tertiary/aromatic N) is 4. The first-order valence-corrected chi connectivity index (χ1v) is 25.5. The number of halogens is 1. The molecule has 1 aliphatic rings. The molecule has 3 heterocycles. The van der Waals surface area contributed by atoms with Gasteiger partial charge in [-0.25, -0.2) is 9.37 Å². The van der Waals surface area contributed by atoms with E-state index in [2.05, 4.69) is 250 Å². The zero-order valence-electron chi connectivity index (χ0n) is 42.6. The van der Waals surface area contributed by atoms with Crippen LogP contribution in [-0.2, 0) is 10.8 Å². The molecule has 0 atom stereocenters. The van der Waals surface area contributed by atoms with Crippen LogP contribution in [0.4, 0.5) is 27.1 Å². The van der Waals surface area contributed by atoms with Crippen molar-refractivity contribution in [1.82, 2.24) is 9.55 Å². The first-order valence-electron chi connectivity index (χ1n) is 25.5. The van der Waals surface area contributed by atoms with Gasteiger partial charge in [-0.2, -0.15) is 0 Å². The SMILES string of the molecule is CC(C)(C)c1ccnc(-n2c3ccccc3c3ccc(Oc4cc(-c5c(-c6ccccc6)cccc5-c5ccccc5)cc(N5CN(c6c(-c7ccc(F)cc7)cccc6C(C)(C)C)c6ccccc65)c4)cc32)c1. The maximum absolute atomic E-state index is 14.5. The Hall–Kier alpha value is -8.74. The predicted molar refractivity (Wildman–Crippen MR) is 306 cm³/mol. The Kier molecular flexibility index (Phi) is 11.5. The van der Waals surface area contributed by atoms with E-state index in [-0.39, 0.29) is 16.6 Å². The van der Waals surface area contributed by atoms with E-state index < -0.39 is 0 Å². The summed E-state index contributed by atoms with van der Waals surface area (Å²) in [5, 5.41) is 2.28. The zero-order valence-corrected chi connectivity index (χ0v) is 42.6. The minimum Gasteiger partial charge on any atom is -0.457 e. The fourth-order valence-electron chi connectivity index (χ4n) is 10.9. The van der Waals surface area contributed by atoms with Gasteiger partial charge in [-0.15, -0.1) is 0 Å². The lowest BCUT2D eigenvalue weighted by Gasteiger charge is -2.32. The average Bonchev–Trinajstić information content (AvgIpc) is 3.97. The lowest BCUT2D eigenvalue weighted by molar-refractivity contribution is 0.483. The molecule has 0 radical (unpaired) electrons. The number of fused-ring (bicyclic) bond motifs is 4. The van der Waals surface area contributed by atoms with Crippen LogP contribution in [0.2, 0.25) is 0 Å². The molecule has 6 heteroatoms. The van der Waals surface area contributed by atoms with Crippen LogP contribution in [0, 0.1) is 5.82 Å². The third-order valence-corrected chi connectivity index (χ3v) is 14.5. The molecule has 0 unspecified atom stereocenters. The summed E-state index contributed by atoms with van der Waals surface area (Å²) in [6, 6.07) is 76.0. The third-order valence-electron chi connectivity index (χ3n) is 14.5. The lowest BCUT2D eigenvalue weighted by atomic mass is 9.83. The first kappa shape index (κ1) is 46.3. The van der Waals surface area contributed by atoms with Crippen molar-refractivity contribution in [3.8, 4) is 61.8 Å². The van der Waals surface area contributed by atoms with E-state index in [9.17, 15) is 4.39 Å². The van der Waals surface area contributed by atoms with E-state index >= 15 is 0 Å². The van der Waals surface area contributed by atoms with Gasteiger partial charge in [0, 0.05) is 40.4 Å². The topological polar surface area (TPSA) is 33.5 Å². The fraction of sp³-hybridized carbons (Fsp3) is 0.132. The number of ether oxygens (including phenoxy) is 1. The second kappa shape index (κ2) is 18.4.